The van der Waals surface area contributed by atoms with Gasteiger partial charge in [0.15, 0.2) is 0 Å². The number of carbonyl (C=O) groups excluding carboxylic acids is 2. The molecule has 0 saturated heterocycles. The average molecular weight is 431 g/mol. The number of methoxy groups -OCH3 is 2. The molecule has 164 valence electrons. The summed E-state index contributed by atoms with van der Waals surface area (Å²) in [4.78, 5) is 28.8. The second-order valence-corrected chi connectivity index (χ2v) is 7.61. The van der Waals surface area contributed by atoms with Crippen LogP contribution in [0.25, 0.3) is 0 Å². The van der Waals surface area contributed by atoms with Crippen LogP contribution in [0.3, 0.4) is 0 Å². The Hall–Kier alpha value is -3.80. The fourth-order valence-corrected chi connectivity index (χ4v) is 4.05. The smallest absolute Gasteiger partial charge is 0.255 e. The molecule has 1 atom stereocenters. The van der Waals surface area contributed by atoms with Crippen molar-refractivity contribution in [1.82, 2.24) is 5.32 Å². The lowest BCUT2D eigenvalue weighted by Gasteiger charge is -2.33. The Morgan fingerprint density at radius 2 is 1.69 bits per heavy atom. The zero-order valence-electron chi connectivity index (χ0n) is 18.2. The van der Waals surface area contributed by atoms with E-state index in [-0.39, 0.29) is 5.91 Å². The molecule has 3 aromatic rings. The molecule has 0 aromatic heterocycles. The number of amides is 2. The van der Waals surface area contributed by atoms with Crippen molar-refractivity contribution in [2.45, 2.75) is 18.9 Å². The number of anilines is 1. The Labute approximate surface area is 187 Å². The number of nitrogens with zero attached hydrogens (tertiary/aromatic N) is 1. The average Bonchev–Trinajstić information content (AvgIpc) is 2.86. The lowest BCUT2D eigenvalue weighted by Crippen LogP contribution is -2.45. The van der Waals surface area contributed by atoms with Crippen molar-refractivity contribution in [1.29, 1.82) is 0 Å². The summed E-state index contributed by atoms with van der Waals surface area (Å²) in [5.41, 5.74) is 3.10. The maximum atomic E-state index is 13.7. The third-order valence-electron chi connectivity index (χ3n) is 5.68. The molecule has 4 rings (SSSR count). The molecule has 3 aromatic carbocycles. The van der Waals surface area contributed by atoms with Gasteiger partial charge in [0.2, 0.25) is 0 Å². The van der Waals surface area contributed by atoms with Crippen LogP contribution < -0.4 is 19.7 Å². The molecular formula is C26H26N2O4. The van der Waals surface area contributed by atoms with Gasteiger partial charge in [0.1, 0.15) is 17.5 Å². The van der Waals surface area contributed by atoms with Gasteiger partial charge in [-0.15, -0.1) is 0 Å². The van der Waals surface area contributed by atoms with Gasteiger partial charge in [-0.1, -0.05) is 48.5 Å². The van der Waals surface area contributed by atoms with Crippen LogP contribution in [0.4, 0.5) is 5.69 Å². The van der Waals surface area contributed by atoms with Gasteiger partial charge in [-0.25, -0.2) is 0 Å². The summed E-state index contributed by atoms with van der Waals surface area (Å²) < 4.78 is 10.6. The van der Waals surface area contributed by atoms with E-state index in [1.165, 1.54) is 7.11 Å². The molecule has 0 fully saturated rings. The van der Waals surface area contributed by atoms with Crippen LogP contribution in [0.2, 0.25) is 0 Å². The van der Waals surface area contributed by atoms with Crippen molar-refractivity contribution in [2.75, 3.05) is 25.7 Å². The zero-order valence-corrected chi connectivity index (χ0v) is 18.2. The van der Waals surface area contributed by atoms with Crippen LogP contribution >= 0.6 is 0 Å². The number of aryl methyl sites for hydroxylation is 1. The Morgan fingerprint density at radius 1 is 0.938 bits per heavy atom. The molecule has 1 N–H and O–H groups in total. The van der Waals surface area contributed by atoms with Gasteiger partial charge in [0.25, 0.3) is 11.8 Å². The number of benzene rings is 3. The van der Waals surface area contributed by atoms with Crippen molar-refractivity contribution in [3.63, 3.8) is 0 Å². The SMILES string of the molecule is COc1ccc(C(=O)NC(C(=O)N2CCCc3ccccc32)c2ccccc2)c(OC)c1. The van der Waals surface area contributed by atoms with Crippen LogP contribution in [-0.2, 0) is 11.2 Å². The van der Waals surface area contributed by atoms with Gasteiger partial charge in [-0.3, -0.25) is 9.59 Å². The largest absolute Gasteiger partial charge is 0.497 e. The second-order valence-electron chi connectivity index (χ2n) is 7.61. The van der Waals surface area contributed by atoms with Crippen LogP contribution in [0.15, 0.2) is 72.8 Å². The quantitative estimate of drug-likeness (QED) is 0.638. The van der Waals surface area contributed by atoms with Crippen LogP contribution in [0, 0.1) is 0 Å². The molecule has 6 heteroatoms. The minimum absolute atomic E-state index is 0.163. The summed E-state index contributed by atoms with van der Waals surface area (Å²) in [6, 6.07) is 21.4. The summed E-state index contributed by atoms with van der Waals surface area (Å²) in [6.07, 6.45) is 1.82. The van der Waals surface area contributed by atoms with Gasteiger partial charge in [0, 0.05) is 18.3 Å². The van der Waals surface area contributed by atoms with E-state index < -0.39 is 11.9 Å². The summed E-state index contributed by atoms with van der Waals surface area (Å²) in [5.74, 6) is 0.407. The minimum Gasteiger partial charge on any atom is -0.497 e. The molecule has 1 heterocycles. The Bertz CT molecular complexity index is 1110. The number of rotatable bonds is 6. The molecule has 0 spiro atoms. The van der Waals surface area contributed by atoms with Crippen molar-refractivity contribution < 1.29 is 19.1 Å². The highest BCUT2D eigenvalue weighted by Crippen LogP contribution is 2.30. The topological polar surface area (TPSA) is 67.9 Å². The summed E-state index contributed by atoms with van der Waals surface area (Å²) in [6.45, 7) is 0.612. The summed E-state index contributed by atoms with van der Waals surface area (Å²) in [7, 11) is 3.05. The third-order valence-corrected chi connectivity index (χ3v) is 5.68. The van der Waals surface area contributed by atoms with E-state index in [1.54, 1.807) is 30.2 Å². The van der Waals surface area contributed by atoms with E-state index in [1.807, 2.05) is 54.6 Å². The van der Waals surface area contributed by atoms with Gasteiger partial charge < -0.3 is 19.7 Å². The van der Waals surface area contributed by atoms with Crippen LogP contribution in [-0.4, -0.2) is 32.6 Å². The van der Waals surface area contributed by atoms with Crippen molar-refractivity contribution in [3.05, 3.63) is 89.5 Å². The fraction of sp³-hybridized carbons (Fsp3) is 0.231. The number of hydrogen-bond donors (Lipinski definition) is 1. The molecular weight excluding hydrogens is 404 g/mol. The zero-order chi connectivity index (χ0) is 22.5. The predicted octanol–water partition coefficient (Wildman–Crippen LogP) is 4.15. The van der Waals surface area contributed by atoms with E-state index in [2.05, 4.69) is 5.32 Å². The van der Waals surface area contributed by atoms with Crippen LogP contribution in [0.5, 0.6) is 11.5 Å². The van der Waals surface area contributed by atoms with Gasteiger partial charge in [-0.05, 0) is 42.2 Å². The molecule has 0 aliphatic carbocycles. The van der Waals surface area contributed by atoms with Gasteiger partial charge >= 0.3 is 0 Å². The first-order chi connectivity index (χ1) is 15.6. The number of para-hydroxylation sites is 1. The van der Waals surface area contributed by atoms with Gasteiger partial charge in [-0.2, -0.15) is 0 Å². The summed E-state index contributed by atoms with van der Waals surface area (Å²) >= 11 is 0. The first kappa shape index (κ1) is 21.4. The van der Waals surface area contributed by atoms with E-state index in [4.69, 9.17) is 9.47 Å². The molecule has 2 amide bonds. The molecule has 32 heavy (non-hydrogen) atoms. The highest BCUT2D eigenvalue weighted by atomic mass is 16.5. The predicted molar refractivity (Wildman–Crippen MR) is 123 cm³/mol. The van der Waals surface area contributed by atoms with E-state index in [0.717, 1.165) is 29.7 Å². The number of ether oxygens (including phenoxy) is 2. The maximum absolute atomic E-state index is 13.7. The first-order valence-corrected chi connectivity index (χ1v) is 10.6. The fourth-order valence-electron chi connectivity index (χ4n) is 4.05. The lowest BCUT2D eigenvalue weighted by molar-refractivity contribution is -0.120. The Kier molecular flexibility index (Phi) is 6.40. The molecule has 1 unspecified atom stereocenters. The normalized spacial score (nSPS) is 13.6. The van der Waals surface area contributed by atoms with E-state index in [0.29, 0.717) is 23.6 Å². The highest BCUT2D eigenvalue weighted by Gasteiger charge is 2.31. The Morgan fingerprint density at radius 3 is 2.44 bits per heavy atom. The number of nitrogens with one attached hydrogen (secondary N) is 1. The maximum Gasteiger partial charge on any atom is 0.255 e. The van der Waals surface area contributed by atoms with Crippen LogP contribution in [0.1, 0.15) is 33.9 Å². The third kappa shape index (κ3) is 4.30. The molecule has 6 nitrogen and oxygen atoms in total. The highest BCUT2D eigenvalue weighted by molar-refractivity contribution is 6.04. The standard InChI is InChI=1S/C26H26N2O4/c1-31-20-14-15-21(23(17-20)32-2)25(29)27-24(19-10-4-3-5-11-19)26(30)28-16-8-12-18-9-6-7-13-22(18)28/h3-7,9-11,13-15,17,24H,8,12,16H2,1-2H3,(H,27,29). The van der Waals surface area contributed by atoms with Gasteiger partial charge in [0.05, 0.1) is 19.8 Å². The summed E-state index contributed by atoms with van der Waals surface area (Å²) in [5, 5.41) is 2.94. The first-order valence-electron chi connectivity index (χ1n) is 10.6. The van der Waals surface area contributed by atoms with Crippen molar-refractivity contribution >= 4 is 17.5 Å². The second kappa shape index (κ2) is 9.56. The minimum atomic E-state index is -0.832. The lowest BCUT2D eigenvalue weighted by atomic mass is 9.99. The monoisotopic (exact) mass is 430 g/mol. The molecule has 0 radical (unpaired) electrons. The molecule has 1 aliphatic rings. The van der Waals surface area contributed by atoms with E-state index in [9.17, 15) is 9.59 Å². The van der Waals surface area contributed by atoms with Crippen molar-refractivity contribution in [3.8, 4) is 11.5 Å². The van der Waals surface area contributed by atoms with E-state index >= 15 is 0 Å². The molecule has 1 aliphatic heterocycles. The Balaban J connectivity index is 1.67. The molecule has 0 bridgehead atoms. The molecule has 0 saturated carbocycles. The van der Waals surface area contributed by atoms with Crippen molar-refractivity contribution in [2.24, 2.45) is 0 Å². The number of fused-ring (bicyclic) bond motifs is 1. The number of carbonyl (C=O) groups is 2. The number of hydrogen-bond acceptors (Lipinski definition) is 4.